The lowest BCUT2D eigenvalue weighted by Gasteiger charge is -2.03. The minimum absolute atomic E-state index is 0.0351. The average molecular weight is 288 g/mol. The minimum Gasteiger partial charge on any atom is -0.302 e. The molecular formula is C16H20N2OS. The quantitative estimate of drug-likeness (QED) is 0.901. The molecule has 1 amide bonds. The number of nitrogens with zero attached hydrogens (tertiary/aromatic N) is 1. The summed E-state index contributed by atoms with van der Waals surface area (Å²) >= 11 is 1.53. The number of aryl methyl sites for hydroxylation is 3. The molecule has 0 fully saturated rings. The molecule has 2 aromatic rings. The molecule has 0 spiro atoms. The molecule has 0 aliphatic carbocycles. The van der Waals surface area contributed by atoms with E-state index >= 15 is 0 Å². The number of rotatable bonds is 4. The number of benzene rings is 1. The Hall–Kier alpha value is -1.68. The second-order valence-corrected chi connectivity index (χ2v) is 6.22. The van der Waals surface area contributed by atoms with Crippen LogP contribution < -0.4 is 5.32 Å². The van der Waals surface area contributed by atoms with Crippen molar-refractivity contribution >= 4 is 22.4 Å². The van der Waals surface area contributed by atoms with Gasteiger partial charge in [0.2, 0.25) is 5.91 Å². The molecule has 0 radical (unpaired) electrons. The van der Waals surface area contributed by atoms with E-state index in [0.717, 1.165) is 22.6 Å². The molecule has 0 bridgehead atoms. The first kappa shape index (κ1) is 14.7. The maximum Gasteiger partial charge on any atom is 0.226 e. The van der Waals surface area contributed by atoms with Crippen molar-refractivity contribution in [3.05, 3.63) is 34.2 Å². The molecule has 1 heterocycles. The SMILES string of the molecule is CCCC(=O)Nc1nc(-c2ccc(C)c(C)c2)c(C)s1. The maximum absolute atomic E-state index is 11.6. The number of carbonyl (C=O) groups is 1. The first-order chi connectivity index (χ1) is 9.51. The Kier molecular flexibility index (Phi) is 4.55. The largest absolute Gasteiger partial charge is 0.302 e. The second-order valence-electron chi connectivity index (χ2n) is 5.02. The zero-order chi connectivity index (χ0) is 14.7. The van der Waals surface area contributed by atoms with Crippen LogP contribution in [0.3, 0.4) is 0 Å². The molecule has 106 valence electrons. The summed E-state index contributed by atoms with van der Waals surface area (Å²) in [5, 5.41) is 3.56. The van der Waals surface area contributed by atoms with E-state index < -0.39 is 0 Å². The molecule has 3 nitrogen and oxygen atoms in total. The average Bonchev–Trinajstić information content (AvgIpc) is 2.74. The molecule has 0 saturated carbocycles. The van der Waals surface area contributed by atoms with Crippen LogP contribution in [0.25, 0.3) is 11.3 Å². The molecule has 20 heavy (non-hydrogen) atoms. The first-order valence-electron chi connectivity index (χ1n) is 6.86. The molecule has 0 aliphatic rings. The van der Waals surface area contributed by atoms with Crippen molar-refractivity contribution in [1.82, 2.24) is 4.98 Å². The highest BCUT2D eigenvalue weighted by molar-refractivity contribution is 7.16. The number of nitrogens with one attached hydrogen (secondary N) is 1. The van der Waals surface area contributed by atoms with Crippen molar-refractivity contribution < 1.29 is 4.79 Å². The van der Waals surface area contributed by atoms with Gasteiger partial charge in [0.25, 0.3) is 0 Å². The summed E-state index contributed by atoms with van der Waals surface area (Å²) in [4.78, 5) is 17.3. The Morgan fingerprint density at radius 2 is 2.00 bits per heavy atom. The van der Waals surface area contributed by atoms with Crippen molar-refractivity contribution in [3.8, 4) is 11.3 Å². The van der Waals surface area contributed by atoms with E-state index in [4.69, 9.17) is 0 Å². The molecule has 1 N–H and O–H groups in total. The van der Waals surface area contributed by atoms with E-state index in [9.17, 15) is 4.79 Å². The number of aromatic nitrogens is 1. The zero-order valence-corrected chi connectivity index (χ0v) is 13.2. The normalized spacial score (nSPS) is 10.6. The fraction of sp³-hybridized carbons (Fsp3) is 0.375. The van der Waals surface area contributed by atoms with Crippen LogP contribution >= 0.6 is 11.3 Å². The molecule has 0 unspecified atom stereocenters. The van der Waals surface area contributed by atoms with Crippen LogP contribution in [0.5, 0.6) is 0 Å². The zero-order valence-electron chi connectivity index (χ0n) is 12.4. The van der Waals surface area contributed by atoms with E-state index in [1.807, 2.05) is 13.8 Å². The summed E-state index contributed by atoms with van der Waals surface area (Å²) in [5.41, 5.74) is 4.60. The molecule has 0 atom stereocenters. The van der Waals surface area contributed by atoms with Gasteiger partial charge in [0.15, 0.2) is 5.13 Å². The monoisotopic (exact) mass is 288 g/mol. The lowest BCUT2D eigenvalue weighted by Crippen LogP contribution is -2.10. The van der Waals surface area contributed by atoms with Crippen LogP contribution in [-0.4, -0.2) is 10.9 Å². The van der Waals surface area contributed by atoms with Crippen LogP contribution in [0.15, 0.2) is 18.2 Å². The summed E-state index contributed by atoms with van der Waals surface area (Å²) in [6, 6.07) is 6.34. The van der Waals surface area contributed by atoms with Gasteiger partial charge in [0.1, 0.15) is 0 Å². The molecular weight excluding hydrogens is 268 g/mol. The van der Waals surface area contributed by atoms with Gasteiger partial charge in [0.05, 0.1) is 5.69 Å². The topological polar surface area (TPSA) is 42.0 Å². The predicted octanol–water partition coefficient (Wildman–Crippen LogP) is 4.47. The number of thiazole rings is 1. The summed E-state index contributed by atoms with van der Waals surface area (Å²) in [6.07, 6.45) is 1.39. The fourth-order valence-electron chi connectivity index (χ4n) is 2.02. The number of hydrogen-bond acceptors (Lipinski definition) is 3. The molecule has 0 aliphatic heterocycles. The second kappa shape index (κ2) is 6.18. The smallest absolute Gasteiger partial charge is 0.226 e. The molecule has 0 saturated heterocycles. The highest BCUT2D eigenvalue weighted by Gasteiger charge is 2.12. The molecule has 1 aromatic carbocycles. The van der Waals surface area contributed by atoms with E-state index in [-0.39, 0.29) is 5.91 Å². The Labute approximate surface area is 124 Å². The summed E-state index contributed by atoms with van der Waals surface area (Å²) in [7, 11) is 0. The van der Waals surface area contributed by atoms with Gasteiger partial charge in [-0.25, -0.2) is 4.98 Å². The number of amides is 1. The fourth-order valence-corrected chi connectivity index (χ4v) is 2.87. The van der Waals surface area contributed by atoms with Gasteiger partial charge in [-0.3, -0.25) is 4.79 Å². The Morgan fingerprint density at radius 1 is 1.25 bits per heavy atom. The lowest BCUT2D eigenvalue weighted by atomic mass is 10.0. The Morgan fingerprint density at radius 3 is 2.65 bits per heavy atom. The van der Waals surface area contributed by atoms with Crippen LogP contribution in [0.4, 0.5) is 5.13 Å². The van der Waals surface area contributed by atoms with Gasteiger partial charge < -0.3 is 5.32 Å². The molecule has 2 rings (SSSR count). The van der Waals surface area contributed by atoms with Crippen molar-refractivity contribution in [2.45, 2.75) is 40.5 Å². The highest BCUT2D eigenvalue weighted by Crippen LogP contribution is 2.31. The van der Waals surface area contributed by atoms with Gasteiger partial charge in [0, 0.05) is 16.9 Å². The summed E-state index contributed by atoms with van der Waals surface area (Å²) in [5.74, 6) is 0.0351. The van der Waals surface area contributed by atoms with Crippen LogP contribution in [0, 0.1) is 20.8 Å². The third kappa shape index (κ3) is 3.25. The third-order valence-electron chi connectivity index (χ3n) is 3.30. The maximum atomic E-state index is 11.6. The Bertz CT molecular complexity index is 631. The van der Waals surface area contributed by atoms with Crippen molar-refractivity contribution in [3.63, 3.8) is 0 Å². The van der Waals surface area contributed by atoms with Gasteiger partial charge in [-0.05, 0) is 44.4 Å². The molecule has 1 aromatic heterocycles. The van der Waals surface area contributed by atoms with Crippen molar-refractivity contribution in [2.75, 3.05) is 5.32 Å². The van der Waals surface area contributed by atoms with Crippen LogP contribution in [-0.2, 0) is 4.79 Å². The summed E-state index contributed by atoms with van der Waals surface area (Å²) < 4.78 is 0. The van der Waals surface area contributed by atoms with Gasteiger partial charge >= 0.3 is 0 Å². The van der Waals surface area contributed by atoms with Gasteiger partial charge in [-0.15, -0.1) is 11.3 Å². The minimum atomic E-state index is 0.0351. The van der Waals surface area contributed by atoms with Crippen molar-refractivity contribution in [1.29, 1.82) is 0 Å². The molecule has 4 heteroatoms. The number of anilines is 1. The summed E-state index contributed by atoms with van der Waals surface area (Å²) in [6.45, 7) is 8.23. The van der Waals surface area contributed by atoms with Crippen LogP contribution in [0.1, 0.15) is 35.8 Å². The van der Waals surface area contributed by atoms with E-state index in [0.29, 0.717) is 11.6 Å². The predicted molar refractivity (Wildman–Crippen MR) is 85.3 cm³/mol. The highest BCUT2D eigenvalue weighted by atomic mass is 32.1. The lowest BCUT2D eigenvalue weighted by molar-refractivity contribution is -0.116. The number of carbonyl (C=O) groups excluding carboxylic acids is 1. The van der Waals surface area contributed by atoms with E-state index in [1.54, 1.807) is 0 Å². The van der Waals surface area contributed by atoms with E-state index in [2.05, 4.69) is 42.3 Å². The van der Waals surface area contributed by atoms with E-state index in [1.165, 1.54) is 22.5 Å². The van der Waals surface area contributed by atoms with Crippen LogP contribution in [0.2, 0.25) is 0 Å². The Balaban J connectivity index is 2.27. The number of hydrogen-bond donors (Lipinski definition) is 1. The first-order valence-corrected chi connectivity index (χ1v) is 7.67. The van der Waals surface area contributed by atoms with Crippen molar-refractivity contribution in [2.24, 2.45) is 0 Å². The third-order valence-corrected chi connectivity index (χ3v) is 4.19. The standard InChI is InChI=1S/C16H20N2OS/c1-5-6-14(19)17-16-18-15(12(4)20-16)13-8-7-10(2)11(3)9-13/h7-9H,5-6H2,1-4H3,(H,17,18,19). The van der Waals surface area contributed by atoms with Gasteiger partial charge in [-0.2, -0.15) is 0 Å². The van der Waals surface area contributed by atoms with Gasteiger partial charge in [-0.1, -0.05) is 19.1 Å².